The number of nitrogens with zero attached hydrogens (tertiary/aromatic N) is 3. The Labute approximate surface area is 544 Å². The van der Waals surface area contributed by atoms with Gasteiger partial charge < -0.3 is 14.4 Å². The van der Waals surface area contributed by atoms with Gasteiger partial charge in [0.05, 0.1) is 16.7 Å². The van der Waals surface area contributed by atoms with Crippen molar-refractivity contribution in [2.24, 2.45) is 0 Å². The molecule has 3 nitrogen and oxygen atoms in total. The summed E-state index contributed by atoms with van der Waals surface area (Å²) in [5.41, 5.74) is 16.8. The molecule has 16 rings (SSSR count). The first-order valence-electron chi connectivity index (χ1n) is 32.5. The second-order valence-corrected chi connectivity index (χ2v) is 34.8. The highest BCUT2D eigenvalue weighted by Gasteiger charge is 2.51. The van der Waals surface area contributed by atoms with Crippen LogP contribution in [0, 0.1) is 0 Å². The Morgan fingerprint density at radius 2 is 0.696 bits per heavy atom. The van der Waals surface area contributed by atoms with Crippen molar-refractivity contribution in [1.29, 1.82) is 0 Å². The van der Waals surface area contributed by atoms with Crippen LogP contribution in [-0.2, 0) is 10.8 Å². The highest BCUT2D eigenvalue weighted by molar-refractivity contribution is 7.21. The third kappa shape index (κ3) is 8.98. The van der Waals surface area contributed by atoms with Crippen molar-refractivity contribution < 1.29 is 0 Å². The van der Waals surface area contributed by atoms with E-state index in [1.54, 1.807) is 0 Å². The Balaban J connectivity index is 1.11. The van der Waals surface area contributed by atoms with E-state index in [0.29, 0.717) is 0 Å². The van der Waals surface area contributed by atoms with Gasteiger partial charge in [-0.1, -0.05) is 315 Å². The molecule has 6 heteroatoms. The van der Waals surface area contributed by atoms with Gasteiger partial charge in [0.2, 0.25) is 0 Å². The number of hydrogen-bond donors (Lipinski definition) is 0. The Kier molecular flexibility index (Phi) is 13.8. The van der Waals surface area contributed by atoms with Gasteiger partial charge in [0, 0.05) is 44.9 Å². The minimum Gasteiger partial charge on any atom is -0.311 e. The predicted octanol–water partition coefficient (Wildman–Crippen LogP) is 14.2. The molecule has 14 aromatic rings. The normalized spacial score (nSPS) is 13.0. The predicted molar refractivity (Wildman–Crippen MR) is 399 cm³/mol. The summed E-state index contributed by atoms with van der Waals surface area (Å²) < 4.78 is 2.54. The Hall–Kier alpha value is -10.2. The molecule has 13 aromatic carbocycles. The van der Waals surface area contributed by atoms with Gasteiger partial charge in [-0.3, -0.25) is 0 Å². The summed E-state index contributed by atoms with van der Waals surface area (Å²) in [6.07, 6.45) is 0. The molecule has 442 valence electrons. The molecule has 1 aromatic heterocycles. The zero-order valence-electron chi connectivity index (χ0n) is 53.1. The molecule has 0 bridgehead atoms. The van der Waals surface area contributed by atoms with Gasteiger partial charge in [0.15, 0.2) is 16.1 Å². The summed E-state index contributed by atoms with van der Waals surface area (Å²) in [5, 5.41) is 13.1. The summed E-state index contributed by atoms with van der Waals surface area (Å²) in [6, 6.07) is 126. The average Bonchev–Trinajstić information content (AvgIpc) is 0.728. The lowest BCUT2D eigenvalue weighted by atomic mass is 9.33. The van der Waals surface area contributed by atoms with E-state index in [-0.39, 0.29) is 17.5 Å². The first-order valence-corrected chi connectivity index (χ1v) is 36.5. The van der Waals surface area contributed by atoms with Gasteiger partial charge >= 0.3 is 0 Å². The van der Waals surface area contributed by atoms with E-state index in [0.717, 1.165) is 22.7 Å². The summed E-state index contributed by atoms with van der Waals surface area (Å²) in [7, 11) is -6.43. The summed E-state index contributed by atoms with van der Waals surface area (Å²) >= 11 is 0. The van der Waals surface area contributed by atoms with E-state index in [2.05, 4.69) is 383 Å². The average molecular weight is 1210 g/mol. The van der Waals surface area contributed by atoms with Crippen molar-refractivity contribution >= 4 is 137 Å². The van der Waals surface area contributed by atoms with E-state index in [1.807, 2.05) is 0 Å². The standard InChI is InChI=1S/C86H72BN3Si2/c1-85(2,3)61-51-54-63(55-52-61)88-79-56-53-62(86(4,5)6)57-76(79)87-75-47-30-50-82(92(69-38-19-10-20-39-69,70-40-21-11-22-41-70)71-42-23-12-24-43-71)84(75)90(81-60-65(59-80(88)83(81)87)89-77-48-27-25-45-73(77)74-46-26-28-49-78(74)89)64-31-29-44-72(58-64)91(66-32-13-7-14-33-66,67-34-15-8-16-35-67)68-36-17-9-18-37-68/h7-60H,1-6H3. The second kappa shape index (κ2) is 22.3. The maximum Gasteiger partial charge on any atom is 0.252 e. The van der Waals surface area contributed by atoms with Crippen LogP contribution in [0.5, 0.6) is 0 Å². The van der Waals surface area contributed by atoms with Crippen LogP contribution in [0.15, 0.2) is 328 Å². The van der Waals surface area contributed by atoms with Gasteiger partial charge in [-0.05, 0) is 134 Å². The zero-order valence-corrected chi connectivity index (χ0v) is 55.1. The zero-order chi connectivity index (χ0) is 62.3. The summed E-state index contributed by atoms with van der Waals surface area (Å²) in [5.74, 6) is 0. The minimum atomic E-state index is -3.33. The molecule has 0 amide bonds. The maximum atomic E-state index is 2.76. The molecule has 92 heavy (non-hydrogen) atoms. The molecule has 3 heterocycles. The quantitative estimate of drug-likeness (QED) is 0.0945. The van der Waals surface area contributed by atoms with Crippen molar-refractivity contribution in [2.75, 3.05) is 9.80 Å². The number of benzene rings is 13. The number of fused-ring (bicyclic) bond motifs is 7. The lowest BCUT2D eigenvalue weighted by Crippen LogP contribution is -2.76. The van der Waals surface area contributed by atoms with Gasteiger partial charge in [-0.15, -0.1) is 0 Å². The molecule has 0 radical (unpaired) electrons. The molecule has 0 saturated heterocycles. The molecule has 0 N–H and O–H groups in total. The fourth-order valence-electron chi connectivity index (χ4n) is 15.8. The third-order valence-electron chi connectivity index (χ3n) is 20.0. The minimum absolute atomic E-state index is 0.0309. The van der Waals surface area contributed by atoms with E-state index >= 15 is 0 Å². The highest BCUT2D eigenvalue weighted by atomic mass is 28.3. The van der Waals surface area contributed by atoms with Crippen molar-refractivity contribution in [3.63, 3.8) is 0 Å². The van der Waals surface area contributed by atoms with Crippen LogP contribution in [0.4, 0.5) is 34.1 Å². The number of anilines is 6. The molecular weight excluding hydrogens is 1140 g/mol. The molecule has 2 aliphatic heterocycles. The first-order chi connectivity index (χ1) is 44.9. The molecule has 2 aliphatic rings. The van der Waals surface area contributed by atoms with E-state index < -0.39 is 16.1 Å². The Morgan fingerprint density at radius 1 is 0.283 bits per heavy atom. The van der Waals surface area contributed by atoms with Gasteiger partial charge in [0.25, 0.3) is 6.71 Å². The van der Waals surface area contributed by atoms with E-state index in [1.165, 1.54) is 108 Å². The maximum absolute atomic E-state index is 3.33. The molecule has 0 fully saturated rings. The number of hydrogen-bond acceptors (Lipinski definition) is 2. The number of para-hydroxylation sites is 3. The van der Waals surface area contributed by atoms with E-state index in [4.69, 9.17) is 0 Å². The molecule has 0 unspecified atom stereocenters. The van der Waals surface area contributed by atoms with Crippen LogP contribution in [-0.4, -0.2) is 27.4 Å². The van der Waals surface area contributed by atoms with Crippen LogP contribution in [0.1, 0.15) is 52.7 Å². The number of aromatic nitrogens is 1. The van der Waals surface area contributed by atoms with Crippen LogP contribution in [0.25, 0.3) is 27.5 Å². The molecule has 0 spiro atoms. The Morgan fingerprint density at radius 3 is 1.17 bits per heavy atom. The monoisotopic (exact) mass is 1210 g/mol. The molecule has 0 saturated carbocycles. The topological polar surface area (TPSA) is 11.4 Å². The van der Waals surface area contributed by atoms with Crippen LogP contribution in [0.2, 0.25) is 0 Å². The van der Waals surface area contributed by atoms with Crippen molar-refractivity contribution in [1.82, 2.24) is 4.57 Å². The van der Waals surface area contributed by atoms with Crippen LogP contribution < -0.4 is 67.7 Å². The lowest BCUT2D eigenvalue weighted by Gasteiger charge is -2.47. The van der Waals surface area contributed by atoms with Crippen molar-refractivity contribution in [3.05, 3.63) is 339 Å². The lowest BCUT2D eigenvalue weighted by molar-refractivity contribution is 0.590. The smallest absolute Gasteiger partial charge is 0.252 e. The Bertz CT molecular complexity index is 4810. The second-order valence-electron chi connectivity index (χ2n) is 27.2. The van der Waals surface area contributed by atoms with Gasteiger partial charge in [0.1, 0.15) is 0 Å². The fraction of sp³-hybridized carbons (Fsp3) is 0.0930. The molecule has 0 atom stereocenters. The molecule has 0 aliphatic carbocycles. The van der Waals surface area contributed by atoms with Crippen LogP contribution >= 0.6 is 0 Å². The highest BCUT2D eigenvalue weighted by Crippen LogP contribution is 2.47. The van der Waals surface area contributed by atoms with Gasteiger partial charge in [-0.2, -0.15) is 0 Å². The first kappa shape index (κ1) is 57.0. The van der Waals surface area contributed by atoms with E-state index in [9.17, 15) is 0 Å². The third-order valence-corrected chi connectivity index (χ3v) is 29.5. The summed E-state index contributed by atoms with van der Waals surface area (Å²) in [6.45, 7) is 13.9. The van der Waals surface area contributed by atoms with Crippen molar-refractivity contribution in [2.45, 2.75) is 52.4 Å². The summed E-state index contributed by atoms with van der Waals surface area (Å²) in [4.78, 5) is 5.37. The van der Waals surface area contributed by atoms with Crippen molar-refractivity contribution in [3.8, 4) is 5.69 Å². The fourth-order valence-corrected chi connectivity index (χ4v) is 25.5. The van der Waals surface area contributed by atoms with Crippen LogP contribution in [0.3, 0.4) is 0 Å². The number of rotatable bonds is 11. The largest absolute Gasteiger partial charge is 0.311 e. The van der Waals surface area contributed by atoms with Gasteiger partial charge in [-0.25, -0.2) is 0 Å². The molecular formula is C86H72BN3Si2. The SMILES string of the molecule is CC(C)(C)c1ccc(N2c3ccc(C(C)(C)C)cc3B3c4cccc([Si](c5ccccc5)(c5ccccc5)c5ccccc5)c4N(c4cccc([Si](c5ccccc5)(c5ccccc5)c5ccccc5)c4)c4cc(-n5c6ccccc6c6ccccc65)cc2c43)cc1.